The molecule has 2 fully saturated rings. The molecule has 0 aromatic carbocycles. The van der Waals surface area contributed by atoms with Crippen molar-refractivity contribution >= 4 is 0 Å². The molecule has 0 heterocycles. The highest BCUT2D eigenvalue weighted by Gasteiger charge is 2.30. The highest BCUT2D eigenvalue weighted by molar-refractivity contribution is 4.82. The third-order valence-corrected chi connectivity index (χ3v) is 3.46. The van der Waals surface area contributed by atoms with Gasteiger partial charge in [0.1, 0.15) is 0 Å². The van der Waals surface area contributed by atoms with Crippen molar-refractivity contribution < 1.29 is 4.74 Å². The normalized spacial score (nSPS) is 35.8. The average molecular weight is 183 g/mol. The lowest BCUT2D eigenvalue weighted by Gasteiger charge is -2.37. The first-order chi connectivity index (χ1) is 6.38. The molecule has 2 aliphatic rings. The molecule has 0 atom stereocenters. The van der Waals surface area contributed by atoms with Crippen molar-refractivity contribution in [3.63, 3.8) is 0 Å². The van der Waals surface area contributed by atoms with Crippen LogP contribution in [-0.2, 0) is 4.74 Å². The molecule has 0 saturated heterocycles. The lowest BCUT2D eigenvalue weighted by molar-refractivity contribution is -0.0848. The maximum absolute atomic E-state index is 6.00. The van der Waals surface area contributed by atoms with E-state index in [4.69, 9.17) is 10.5 Å². The van der Waals surface area contributed by atoms with Crippen LogP contribution >= 0.6 is 0 Å². The van der Waals surface area contributed by atoms with E-state index >= 15 is 0 Å². The molecule has 0 spiro atoms. The predicted octanol–water partition coefficient (Wildman–Crippen LogP) is 2.07. The highest BCUT2D eigenvalue weighted by atomic mass is 16.5. The largest absolute Gasteiger partial charge is 0.375 e. The van der Waals surface area contributed by atoms with Crippen molar-refractivity contribution in [2.75, 3.05) is 6.54 Å². The Kier molecular flexibility index (Phi) is 3.23. The van der Waals surface area contributed by atoms with Crippen molar-refractivity contribution in [2.24, 2.45) is 11.7 Å². The van der Waals surface area contributed by atoms with Gasteiger partial charge in [-0.15, -0.1) is 0 Å². The van der Waals surface area contributed by atoms with Crippen LogP contribution in [0.3, 0.4) is 0 Å². The Bertz CT molecular complexity index is 148. The van der Waals surface area contributed by atoms with Gasteiger partial charge in [0, 0.05) is 0 Å². The van der Waals surface area contributed by atoms with Crippen LogP contribution in [0.2, 0.25) is 0 Å². The Morgan fingerprint density at radius 1 is 1.00 bits per heavy atom. The molecular formula is C11H21NO. The molecule has 0 unspecified atom stereocenters. The average Bonchev–Trinajstić information content (AvgIpc) is 2.12. The summed E-state index contributed by atoms with van der Waals surface area (Å²) in [5.74, 6) is 0.758. The predicted molar refractivity (Wildman–Crippen MR) is 53.5 cm³/mol. The molecule has 0 amide bonds. The first-order valence-corrected chi connectivity index (χ1v) is 5.74. The van der Waals surface area contributed by atoms with Gasteiger partial charge in [0.25, 0.3) is 0 Å². The van der Waals surface area contributed by atoms with Gasteiger partial charge in [-0.2, -0.15) is 0 Å². The zero-order chi connectivity index (χ0) is 9.10. The quantitative estimate of drug-likeness (QED) is 0.727. The third-order valence-electron chi connectivity index (χ3n) is 3.46. The summed E-state index contributed by atoms with van der Waals surface area (Å²) in [7, 11) is 0. The fraction of sp³-hybridized carbons (Fsp3) is 1.00. The topological polar surface area (TPSA) is 35.2 Å². The Morgan fingerprint density at radius 2 is 1.69 bits per heavy atom. The van der Waals surface area contributed by atoms with Gasteiger partial charge in [0.15, 0.2) is 0 Å². The molecule has 2 N–H and O–H groups in total. The Labute approximate surface area is 80.8 Å². The molecule has 0 radical (unpaired) electrons. The van der Waals surface area contributed by atoms with Gasteiger partial charge in [-0.3, -0.25) is 0 Å². The second kappa shape index (κ2) is 4.43. The number of rotatable bonds is 3. The van der Waals surface area contributed by atoms with Crippen molar-refractivity contribution in [1.29, 1.82) is 0 Å². The summed E-state index contributed by atoms with van der Waals surface area (Å²) >= 11 is 0. The summed E-state index contributed by atoms with van der Waals surface area (Å²) < 4.78 is 6.00. The van der Waals surface area contributed by atoms with Crippen molar-refractivity contribution in [1.82, 2.24) is 0 Å². The van der Waals surface area contributed by atoms with Gasteiger partial charge < -0.3 is 10.5 Å². The minimum Gasteiger partial charge on any atom is -0.375 e. The molecule has 76 valence electrons. The van der Waals surface area contributed by atoms with Crippen LogP contribution in [0.1, 0.15) is 44.9 Å². The molecule has 0 aromatic heterocycles. The van der Waals surface area contributed by atoms with Gasteiger partial charge in [-0.05, 0) is 38.1 Å². The van der Waals surface area contributed by atoms with Crippen molar-refractivity contribution in [3.8, 4) is 0 Å². The van der Waals surface area contributed by atoms with E-state index in [2.05, 4.69) is 0 Å². The van der Waals surface area contributed by atoms with Gasteiger partial charge in [0.05, 0.1) is 12.2 Å². The van der Waals surface area contributed by atoms with E-state index in [1.54, 1.807) is 0 Å². The molecule has 0 bridgehead atoms. The van der Waals surface area contributed by atoms with Crippen LogP contribution in [-0.4, -0.2) is 18.8 Å². The van der Waals surface area contributed by atoms with E-state index in [1.165, 1.54) is 44.9 Å². The van der Waals surface area contributed by atoms with Crippen molar-refractivity contribution in [3.05, 3.63) is 0 Å². The molecule has 13 heavy (non-hydrogen) atoms. The molecule has 2 saturated carbocycles. The van der Waals surface area contributed by atoms with Crippen LogP contribution in [0.4, 0.5) is 0 Å². The van der Waals surface area contributed by atoms with Crippen LogP contribution in [0.5, 0.6) is 0 Å². The lowest BCUT2D eigenvalue weighted by Crippen LogP contribution is -2.38. The standard InChI is InChI=1S/C11H21NO/c12-8-9-6-11(7-9)13-10-4-2-1-3-5-10/h9-11H,1-8,12H2. The van der Waals surface area contributed by atoms with Crippen molar-refractivity contribution in [2.45, 2.75) is 57.2 Å². The lowest BCUT2D eigenvalue weighted by atomic mass is 9.82. The minimum atomic E-state index is 0.552. The Hall–Kier alpha value is -0.0800. The number of nitrogens with two attached hydrogens (primary N) is 1. The van der Waals surface area contributed by atoms with Gasteiger partial charge in [-0.25, -0.2) is 0 Å². The Balaban J connectivity index is 1.62. The fourth-order valence-corrected chi connectivity index (χ4v) is 2.45. The molecular weight excluding hydrogens is 162 g/mol. The molecule has 0 aliphatic heterocycles. The highest BCUT2D eigenvalue weighted by Crippen LogP contribution is 2.32. The summed E-state index contributed by atoms with van der Waals surface area (Å²) in [5.41, 5.74) is 5.57. The summed E-state index contributed by atoms with van der Waals surface area (Å²) in [6, 6.07) is 0. The van der Waals surface area contributed by atoms with Gasteiger partial charge in [-0.1, -0.05) is 19.3 Å². The second-order valence-corrected chi connectivity index (χ2v) is 4.59. The Morgan fingerprint density at radius 3 is 2.31 bits per heavy atom. The first-order valence-electron chi connectivity index (χ1n) is 5.74. The summed E-state index contributed by atoms with van der Waals surface area (Å²) in [6.45, 7) is 0.852. The van der Waals surface area contributed by atoms with Crippen LogP contribution in [0, 0.1) is 5.92 Å². The van der Waals surface area contributed by atoms with Crippen LogP contribution in [0.15, 0.2) is 0 Å². The third kappa shape index (κ3) is 2.44. The number of hydrogen-bond donors (Lipinski definition) is 1. The SMILES string of the molecule is NCC1CC(OC2CCCCC2)C1. The summed E-state index contributed by atoms with van der Waals surface area (Å²) in [6.07, 6.45) is 10.3. The first kappa shape index (κ1) is 9.47. The zero-order valence-electron chi connectivity index (χ0n) is 8.37. The van der Waals surface area contributed by atoms with E-state index in [9.17, 15) is 0 Å². The minimum absolute atomic E-state index is 0.552. The fourth-order valence-electron chi connectivity index (χ4n) is 2.45. The van der Waals surface area contributed by atoms with E-state index in [0.717, 1.165) is 12.5 Å². The smallest absolute Gasteiger partial charge is 0.0585 e. The zero-order valence-corrected chi connectivity index (χ0v) is 8.37. The van der Waals surface area contributed by atoms with E-state index in [-0.39, 0.29) is 0 Å². The summed E-state index contributed by atoms with van der Waals surface area (Å²) in [5, 5.41) is 0. The van der Waals surface area contributed by atoms with E-state index in [1.807, 2.05) is 0 Å². The van der Waals surface area contributed by atoms with E-state index in [0.29, 0.717) is 12.2 Å². The maximum Gasteiger partial charge on any atom is 0.0585 e. The van der Waals surface area contributed by atoms with Crippen LogP contribution in [0.25, 0.3) is 0 Å². The maximum atomic E-state index is 6.00. The molecule has 0 aromatic rings. The molecule has 2 heteroatoms. The van der Waals surface area contributed by atoms with Gasteiger partial charge >= 0.3 is 0 Å². The molecule has 2 nitrogen and oxygen atoms in total. The van der Waals surface area contributed by atoms with Crippen LogP contribution < -0.4 is 5.73 Å². The number of ether oxygens (including phenoxy) is 1. The monoisotopic (exact) mass is 183 g/mol. The molecule has 2 aliphatic carbocycles. The summed E-state index contributed by atoms with van der Waals surface area (Å²) in [4.78, 5) is 0. The van der Waals surface area contributed by atoms with Gasteiger partial charge in [0.2, 0.25) is 0 Å². The molecule has 2 rings (SSSR count). The number of hydrogen-bond acceptors (Lipinski definition) is 2. The second-order valence-electron chi connectivity index (χ2n) is 4.59. The van der Waals surface area contributed by atoms with E-state index < -0.39 is 0 Å².